The molecule has 0 radical (unpaired) electrons. The highest BCUT2D eigenvalue weighted by atomic mass is 19.1. The summed E-state index contributed by atoms with van der Waals surface area (Å²) in [5, 5.41) is 8.70. The summed E-state index contributed by atoms with van der Waals surface area (Å²) in [6.45, 7) is 1.97. The summed E-state index contributed by atoms with van der Waals surface area (Å²) in [7, 11) is 1.88. The van der Waals surface area contributed by atoms with Crippen molar-refractivity contribution >= 4 is 5.69 Å². The molecule has 16 heavy (non-hydrogen) atoms. The lowest BCUT2D eigenvalue weighted by Crippen LogP contribution is -2.46. The van der Waals surface area contributed by atoms with Crippen LogP contribution >= 0.6 is 0 Å². The van der Waals surface area contributed by atoms with Gasteiger partial charge in [-0.25, -0.2) is 4.39 Å². The summed E-state index contributed by atoms with van der Waals surface area (Å²) < 4.78 is 19.1. The molecular weight excluding hydrogens is 207 g/mol. The molecule has 1 aromatic rings. The van der Waals surface area contributed by atoms with Crippen molar-refractivity contribution in [1.29, 1.82) is 5.26 Å². The Morgan fingerprint density at radius 1 is 1.56 bits per heavy atom. The van der Waals surface area contributed by atoms with Crippen molar-refractivity contribution in [3.8, 4) is 11.8 Å². The molecule has 0 amide bonds. The summed E-state index contributed by atoms with van der Waals surface area (Å²) in [6.07, 6.45) is -0.0152. The second kappa shape index (κ2) is 4.01. The first-order valence-corrected chi connectivity index (χ1v) is 5.20. The van der Waals surface area contributed by atoms with E-state index in [1.54, 1.807) is 6.07 Å². The van der Waals surface area contributed by atoms with Gasteiger partial charge in [0.05, 0.1) is 24.2 Å². The van der Waals surface area contributed by atoms with Crippen LogP contribution in [0, 0.1) is 17.1 Å². The molecule has 4 heteroatoms. The third-order valence-corrected chi connectivity index (χ3v) is 3.04. The van der Waals surface area contributed by atoms with Crippen LogP contribution < -0.4 is 9.64 Å². The van der Waals surface area contributed by atoms with E-state index in [2.05, 4.69) is 6.07 Å². The van der Waals surface area contributed by atoms with Crippen LogP contribution in [0.3, 0.4) is 0 Å². The first kappa shape index (κ1) is 10.7. The van der Waals surface area contributed by atoms with Crippen molar-refractivity contribution in [2.75, 3.05) is 11.9 Å². The Balaban J connectivity index is 2.41. The third-order valence-electron chi connectivity index (χ3n) is 3.04. The summed E-state index contributed by atoms with van der Waals surface area (Å²) in [5.41, 5.74) is 0.738. The highest BCUT2D eigenvalue weighted by Gasteiger charge is 2.32. The molecule has 3 nitrogen and oxygen atoms in total. The first-order valence-electron chi connectivity index (χ1n) is 5.20. The standard InChI is InChI=1S/C12H13FN2O/c1-8-11(6-7-14)16-12-9(13)4-3-5-10(12)15(8)2/h3-5,8,11H,6H2,1-2H3. The zero-order chi connectivity index (χ0) is 11.7. The Labute approximate surface area is 94.0 Å². The molecule has 0 N–H and O–H groups in total. The predicted molar refractivity (Wildman–Crippen MR) is 58.9 cm³/mol. The molecule has 2 rings (SSSR count). The van der Waals surface area contributed by atoms with E-state index in [0.29, 0.717) is 0 Å². The maximum absolute atomic E-state index is 13.6. The van der Waals surface area contributed by atoms with Crippen LogP contribution in [0.4, 0.5) is 10.1 Å². The number of benzene rings is 1. The topological polar surface area (TPSA) is 36.3 Å². The summed E-state index contributed by atoms with van der Waals surface area (Å²) in [4.78, 5) is 1.95. The fourth-order valence-corrected chi connectivity index (χ4v) is 1.91. The molecular formula is C12H13FN2O. The molecule has 0 aromatic heterocycles. The Bertz CT molecular complexity index is 441. The molecule has 0 spiro atoms. The number of halogens is 1. The minimum Gasteiger partial charge on any atom is -0.482 e. The minimum atomic E-state index is -0.376. The van der Waals surface area contributed by atoms with Crippen molar-refractivity contribution in [3.63, 3.8) is 0 Å². The van der Waals surface area contributed by atoms with Gasteiger partial charge in [-0.2, -0.15) is 5.26 Å². The monoisotopic (exact) mass is 220 g/mol. The maximum Gasteiger partial charge on any atom is 0.178 e. The first-order chi connectivity index (χ1) is 7.65. The van der Waals surface area contributed by atoms with Crippen molar-refractivity contribution in [1.82, 2.24) is 0 Å². The van der Waals surface area contributed by atoms with Gasteiger partial charge in [0.15, 0.2) is 11.6 Å². The number of rotatable bonds is 1. The SMILES string of the molecule is CC1C(CC#N)Oc2c(F)cccc2N1C. The summed E-state index contributed by atoms with van der Waals surface area (Å²) in [6, 6.07) is 6.97. The highest BCUT2D eigenvalue weighted by molar-refractivity contribution is 5.61. The number of hydrogen-bond donors (Lipinski definition) is 0. The molecule has 2 atom stereocenters. The van der Waals surface area contributed by atoms with E-state index in [9.17, 15) is 4.39 Å². The largest absolute Gasteiger partial charge is 0.482 e. The zero-order valence-corrected chi connectivity index (χ0v) is 9.27. The number of fused-ring (bicyclic) bond motifs is 1. The molecule has 0 aliphatic carbocycles. The van der Waals surface area contributed by atoms with Crippen LogP contribution in [0.15, 0.2) is 18.2 Å². The molecule has 84 valence electrons. The van der Waals surface area contributed by atoms with Gasteiger partial charge in [-0.3, -0.25) is 0 Å². The van der Waals surface area contributed by atoms with Gasteiger partial charge in [0.2, 0.25) is 0 Å². The smallest absolute Gasteiger partial charge is 0.178 e. The fraction of sp³-hybridized carbons (Fsp3) is 0.417. The van der Waals surface area contributed by atoms with Gasteiger partial charge >= 0.3 is 0 Å². The van der Waals surface area contributed by atoms with Crippen molar-refractivity contribution in [2.45, 2.75) is 25.5 Å². The molecule has 2 unspecified atom stereocenters. The van der Waals surface area contributed by atoms with Gasteiger partial charge in [-0.1, -0.05) is 6.07 Å². The number of ether oxygens (including phenoxy) is 1. The van der Waals surface area contributed by atoms with Crippen LogP contribution in [-0.4, -0.2) is 19.2 Å². The summed E-state index contributed by atoms with van der Waals surface area (Å²) in [5.74, 6) is -0.123. The molecule has 1 aromatic carbocycles. The lowest BCUT2D eigenvalue weighted by Gasteiger charge is -2.38. The summed E-state index contributed by atoms with van der Waals surface area (Å²) >= 11 is 0. The normalized spacial score (nSPS) is 23.2. The van der Waals surface area contributed by atoms with E-state index >= 15 is 0 Å². The van der Waals surface area contributed by atoms with Gasteiger partial charge in [0.25, 0.3) is 0 Å². The van der Waals surface area contributed by atoms with Gasteiger partial charge in [0.1, 0.15) is 6.10 Å². The van der Waals surface area contributed by atoms with Crippen LogP contribution in [0.5, 0.6) is 5.75 Å². The van der Waals surface area contributed by atoms with Crippen LogP contribution in [0.25, 0.3) is 0 Å². The lowest BCUT2D eigenvalue weighted by molar-refractivity contribution is 0.158. The Morgan fingerprint density at radius 2 is 2.31 bits per heavy atom. The van der Waals surface area contributed by atoms with Crippen LogP contribution in [0.1, 0.15) is 13.3 Å². The van der Waals surface area contributed by atoms with Gasteiger partial charge < -0.3 is 9.64 Å². The van der Waals surface area contributed by atoms with Crippen LogP contribution in [-0.2, 0) is 0 Å². The lowest BCUT2D eigenvalue weighted by atomic mass is 10.0. The van der Waals surface area contributed by atoms with Crippen molar-refractivity contribution in [2.24, 2.45) is 0 Å². The number of nitriles is 1. The number of nitrogens with zero attached hydrogens (tertiary/aromatic N) is 2. The number of anilines is 1. The van der Waals surface area contributed by atoms with Gasteiger partial charge in [0, 0.05) is 7.05 Å². The van der Waals surface area contributed by atoms with Crippen molar-refractivity contribution < 1.29 is 9.13 Å². The Morgan fingerprint density at radius 3 is 3.00 bits per heavy atom. The minimum absolute atomic E-state index is 0.0638. The third kappa shape index (κ3) is 1.58. The van der Waals surface area contributed by atoms with Crippen LogP contribution in [0.2, 0.25) is 0 Å². The van der Waals surface area contributed by atoms with E-state index in [1.165, 1.54) is 6.07 Å². The molecule has 1 aliphatic rings. The molecule has 0 saturated carbocycles. The predicted octanol–water partition coefficient (Wildman–Crippen LogP) is 2.33. The highest BCUT2D eigenvalue weighted by Crippen LogP contribution is 2.37. The number of para-hydroxylation sites is 1. The second-order valence-electron chi connectivity index (χ2n) is 3.96. The van der Waals surface area contributed by atoms with E-state index < -0.39 is 0 Å². The molecule has 0 saturated heterocycles. The Hall–Kier alpha value is -1.76. The van der Waals surface area contributed by atoms with Crippen molar-refractivity contribution in [3.05, 3.63) is 24.0 Å². The Kier molecular flexibility index (Phi) is 2.69. The van der Waals surface area contributed by atoms with Gasteiger partial charge in [-0.15, -0.1) is 0 Å². The van der Waals surface area contributed by atoms with E-state index in [4.69, 9.17) is 10.00 Å². The average Bonchev–Trinajstić information content (AvgIpc) is 2.27. The molecule has 0 bridgehead atoms. The zero-order valence-electron chi connectivity index (χ0n) is 9.27. The number of hydrogen-bond acceptors (Lipinski definition) is 3. The average molecular weight is 220 g/mol. The van der Waals surface area contributed by atoms with Gasteiger partial charge in [-0.05, 0) is 19.1 Å². The maximum atomic E-state index is 13.6. The quantitative estimate of drug-likeness (QED) is 0.728. The van der Waals surface area contributed by atoms with E-state index in [-0.39, 0.29) is 30.1 Å². The molecule has 0 fully saturated rings. The number of likely N-dealkylation sites (N-methyl/N-ethyl adjacent to an activating group) is 1. The fourth-order valence-electron chi connectivity index (χ4n) is 1.91. The molecule has 1 aliphatic heterocycles. The van der Waals surface area contributed by atoms with E-state index in [1.807, 2.05) is 24.9 Å². The van der Waals surface area contributed by atoms with E-state index in [0.717, 1.165) is 5.69 Å². The molecule has 1 heterocycles. The second-order valence-corrected chi connectivity index (χ2v) is 3.96.